The maximum atomic E-state index is 13.9. The molecule has 0 bridgehead atoms. The fourth-order valence-electron chi connectivity index (χ4n) is 15.4. The number of hydrogen-bond acceptors (Lipinski definition) is 16. The maximum Gasteiger partial charge on any atom is 0.317 e. The lowest BCUT2D eigenvalue weighted by Gasteiger charge is -2.51. The number of carbonyl (C=O) groups is 8. The molecule has 0 spiro atoms. The number of fused-ring (bicyclic) bond motifs is 2. The number of hydrogen-bond donors (Lipinski definition) is 4. The van der Waals surface area contributed by atoms with Crippen LogP contribution in [0.4, 0.5) is 9.59 Å². The van der Waals surface area contributed by atoms with E-state index < -0.39 is 34.9 Å². The summed E-state index contributed by atoms with van der Waals surface area (Å²) in [6.07, 6.45) is 15.5. The lowest BCUT2D eigenvalue weighted by atomic mass is 9.55. The number of ether oxygens (including phenoxy) is 8. The second-order valence-corrected chi connectivity index (χ2v) is 28.2. The average molecular weight is 1440 g/mol. The molecule has 4 aromatic rings. The first-order chi connectivity index (χ1) is 50.6. The molecule has 2 saturated carbocycles. The monoisotopic (exact) mass is 1440 g/mol. The molecule has 4 heterocycles. The average Bonchev–Trinajstić information content (AvgIpc) is 0.769. The number of rotatable bonds is 39. The first-order valence-electron chi connectivity index (χ1n) is 38.4. The summed E-state index contributed by atoms with van der Waals surface area (Å²) in [5, 5.41) is 12.2. The summed E-state index contributed by atoms with van der Waals surface area (Å²) in [5.74, 6) is 0.278. The molecule has 4 fully saturated rings. The second-order valence-electron chi connectivity index (χ2n) is 28.2. The minimum absolute atomic E-state index is 0.119. The van der Waals surface area contributed by atoms with Gasteiger partial charge in [0.2, 0.25) is 25.4 Å². The largest absolute Gasteiger partial charge is 0.488 e. The molecule has 6 aliphatic rings. The standard InChI is InChI=1S/C80H110N8O16/c1-7-24-62(58-30-36-64-66(52-58)102-54-100-64)84-74(92)68-70(90)80(11-5,12-6)72(68)104-60-33-27-56(28-34-60)76(94)86-41-45-88(46-42-86)78(96)82-38-50-98-48-23-21-19-17-15-13-14-16-18-20-22-47-97-49-37-81-77(95)87-43-39-85(40-44-87)75(93)55-25-31-59(32-26-55)103-71-67(69(89)79(71,9-3)10-4)73(91)83-61(8-2)57-29-35-63-65(51-57)101-53-99-63/h25-36,51-52,61-62,67-68,71-72H,7-24,37-50,53-54H2,1-6H3,(H,81,95)(H,82,96)(H,83,91)(H,84,92)/t61-,62-,67?,68?,71-,72-/m1/s1. The van der Waals surface area contributed by atoms with Crippen molar-refractivity contribution < 1.29 is 76.3 Å². The van der Waals surface area contributed by atoms with E-state index in [1.165, 1.54) is 44.9 Å². The molecule has 2 unspecified atom stereocenters. The first-order valence-corrected chi connectivity index (χ1v) is 38.4. The zero-order chi connectivity index (χ0) is 73.6. The van der Waals surface area contributed by atoms with E-state index in [9.17, 15) is 38.4 Å². The minimum Gasteiger partial charge on any atom is -0.488 e. The molecule has 6 atom stereocenters. The topological polar surface area (TPSA) is 271 Å². The highest BCUT2D eigenvalue weighted by molar-refractivity contribution is 6.11. The van der Waals surface area contributed by atoms with E-state index >= 15 is 0 Å². The summed E-state index contributed by atoms with van der Waals surface area (Å²) in [5.41, 5.74) is 1.10. The molecule has 104 heavy (non-hydrogen) atoms. The number of benzene rings is 4. The number of amides is 8. The molecule has 0 aromatic heterocycles. The van der Waals surface area contributed by atoms with Gasteiger partial charge < -0.3 is 78.8 Å². The first kappa shape index (κ1) is 78.0. The summed E-state index contributed by atoms with van der Waals surface area (Å²) in [4.78, 5) is 115. The van der Waals surface area contributed by atoms with E-state index in [1.54, 1.807) is 68.1 Å². The SMILES string of the molecule is CCC[C@@H](NC(=O)C1C(=O)C(CC)(CC)[C@@H]1Oc1ccc(C(=O)N2CCN(C(=O)NCCOCCCCCCCCCCCCCOCCNC(=O)N3CCN(C(=O)c4ccc(O[C@@H]5C(C(=O)N[C@H](CC)c6ccc7c(c6)OCO7)C(=O)C5(CC)CC)cc4)CC3)CC2)cc1)c1ccc2c(c1)OCO2. The smallest absolute Gasteiger partial charge is 0.317 e. The van der Waals surface area contributed by atoms with E-state index in [0.717, 1.165) is 43.2 Å². The van der Waals surface area contributed by atoms with Gasteiger partial charge in [0, 0.05) is 89.8 Å². The molecule has 10 rings (SSSR count). The highest BCUT2D eigenvalue weighted by Gasteiger charge is 2.66. The van der Waals surface area contributed by atoms with E-state index in [-0.39, 0.29) is 72.9 Å². The van der Waals surface area contributed by atoms with Crippen molar-refractivity contribution in [3.8, 4) is 34.5 Å². The van der Waals surface area contributed by atoms with Crippen molar-refractivity contribution in [3.63, 3.8) is 0 Å². The molecular formula is C80H110N8O16. The fraction of sp³-hybridized carbons (Fsp3) is 0.600. The van der Waals surface area contributed by atoms with Crippen molar-refractivity contribution in [2.24, 2.45) is 22.7 Å². The molecular weight excluding hydrogens is 1330 g/mol. The van der Waals surface area contributed by atoms with Crippen LogP contribution in [-0.4, -0.2) is 185 Å². The molecule has 4 N–H and O–H groups in total. The van der Waals surface area contributed by atoms with Gasteiger partial charge in [0.15, 0.2) is 34.6 Å². The van der Waals surface area contributed by atoms with Gasteiger partial charge in [-0.05, 0) is 135 Å². The van der Waals surface area contributed by atoms with E-state index in [2.05, 4.69) is 21.3 Å². The number of Topliss-reactive ketones (excluding diaryl/α,β-unsaturated/α-hetero) is 2. The van der Waals surface area contributed by atoms with Gasteiger partial charge in [-0.15, -0.1) is 0 Å². The Morgan fingerprint density at radius 1 is 0.442 bits per heavy atom. The number of urea groups is 2. The Balaban J connectivity index is 0.501. The van der Waals surface area contributed by atoms with Crippen molar-refractivity contribution in [1.29, 1.82) is 0 Å². The third-order valence-electron chi connectivity index (χ3n) is 22.1. The quantitative estimate of drug-likeness (QED) is 0.0239. The Labute approximate surface area is 612 Å². The van der Waals surface area contributed by atoms with E-state index in [0.29, 0.717) is 176 Å². The second kappa shape index (κ2) is 37.9. The van der Waals surface area contributed by atoms with Gasteiger partial charge in [0.25, 0.3) is 11.8 Å². The lowest BCUT2D eigenvalue weighted by molar-refractivity contribution is -0.174. The van der Waals surface area contributed by atoms with Crippen LogP contribution >= 0.6 is 0 Å². The molecule has 566 valence electrons. The number of piperazine rings is 2. The van der Waals surface area contributed by atoms with Crippen LogP contribution in [-0.2, 0) is 28.7 Å². The summed E-state index contributed by atoms with van der Waals surface area (Å²) in [6, 6.07) is 23.9. The molecule has 4 aliphatic heterocycles. The third kappa shape index (κ3) is 18.7. The van der Waals surface area contributed by atoms with Gasteiger partial charge >= 0.3 is 12.1 Å². The van der Waals surface area contributed by atoms with Crippen molar-refractivity contribution in [2.75, 3.05) is 105 Å². The van der Waals surface area contributed by atoms with Crippen LogP contribution in [0, 0.1) is 22.7 Å². The number of nitrogens with zero attached hydrogens (tertiary/aromatic N) is 4. The van der Waals surface area contributed by atoms with Gasteiger partial charge in [0.05, 0.1) is 36.1 Å². The third-order valence-corrected chi connectivity index (χ3v) is 22.1. The van der Waals surface area contributed by atoms with Crippen molar-refractivity contribution in [2.45, 2.75) is 181 Å². The summed E-state index contributed by atoms with van der Waals surface area (Å²) < 4.78 is 46.7. The fourth-order valence-corrected chi connectivity index (χ4v) is 15.4. The Bertz CT molecular complexity index is 3530. The molecule has 2 saturated heterocycles. The Morgan fingerprint density at radius 2 is 0.798 bits per heavy atom. The minimum atomic E-state index is -0.979. The Morgan fingerprint density at radius 3 is 1.17 bits per heavy atom. The number of unbranched alkanes of at least 4 members (excludes halogenated alkanes) is 10. The highest BCUT2D eigenvalue weighted by Crippen LogP contribution is 2.52. The number of nitrogens with one attached hydrogen (secondary N) is 4. The highest BCUT2D eigenvalue weighted by atomic mass is 16.7. The van der Waals surface area contributed by atoms with Gasteiger partial charge in [-0.3, -0.25) is 28.8 Å². The van der Waals surface area contributed by atoms with Crippen LogP contribution in [0.25, 0.3) is 0 Å². The maximum absolute atomic E-state index is 13.9. The molecule has 4 aromatic carbocycles. The predicted octanol–water partition coefficient (Wildman–Crippen LogP) is 11.5. The normalized spacial score (nSPS) is 19.7. The van der Waals surface area contributed by atoms with Crippen LogP contribution in [0.3, 0.4) is 0 Å². The predicted molar refractivity (Wildman–Crippen MR) is 391 cm³/mol. The van der Waals surface area contributed by atoms with Crippen molar-refractivity contribution in [3.05, 3.63) is 107 Å². The van der Waals surface area contributed by atoms with Crippen LogP contribution < -0.4 is 49.7 Å². The number of carbonyl (C=O) groups excluding carboxylic acids is 8. The molecule has 2 aliphatic carbocycles. The summed E-state index contributed by atoms with van der Waals surface area (Å²) >= 11 is 0. The van der Waals surface area contributed by atoms with Crippen LogP contribution in [0.5, 0.6) is 34.5 Å². The van der Waals surface area contributed by atoms with Gasteiger partial charge in [-0.1, -0.05) is 118 Å². The Hall–Kier alpha value is -8.64. The zero-order valence-corrected chi connectivity index (χ0v) is 61.9. The van der Waals surface area contributed by atoms with Crippen LogP contribution in [0.2, 0.25) is 0 Å². The summed E-state index contributed by atoms with van der Waals surface area (Å²) in [7, 11) is 0. The molecule has 24 heteroatoms. The van der Waals surface area contributed by atoms with Crippen LogP contribution in [0.1, 0.15) is 201 Å². The lowest BCUT2D eigenvalue weighted by Crippen LogP contribution is -2.68. The summed E-state index contributed by atoms with van der Waals surface area (Å²) in [6.45, 7) is 18.4. The molecule has 0 radical (unpaired) electrons. The molecule has 24 nitrogen and oxygen atoms in total. The van der Waals surface area contributed by atoms with Crippen LogP contribution in [0.15, 0.2) is 84.9 Å². The van der Waals surface area contributed by atoms with Gasteiger partial charge in [0.1, 0.15) is 35.5 Å². The molecule has 8 amide bonds. The van der Waals surface area contributed by atoms with E-state index in [4.69, 9.17) is 37.9 Å². The van der Waals surface area contributed by atoms with Crippen molar-refractivity contribution in [1.82, 2.24) is 40.9 Å². The van der Waals surface area contributed by atoms with Gasteiger partial charge in [-0.25, -0.2) is 9.59 Å². The number of ketones is 2. The van der Waals surface area contributed by atoms with Gasteiger partial charge in [-0.2, -0.15) is 0 Å². The van der Waals surface area contributed by atoms with E-state index in [1.807, 2.05) is 77.9 Å². The Kier molecular flexibility index (Phi) is 28.4. The van der Waals surface area contributed by atoms with Crippen molar-refractivity contribution >= 4 is 47.3 Å². The zero-order valence-electron chi connectivity index (χ0n) is 61.9.